The molecule has 2 heterocycles. The molecule has 0 spiro atoms. The highest BCUT2D eigenvalue weighted by Gasteiger charge is 2.24. The van der Waals surface area contributed by atoms with Gasteiger partial charge in [-0.05, 0) is 40.8 Å². The fourth-order valence-corrected chi connectivity index (χ4v) is 3.57. The number of hydrogen-bond donors (Lipinski definition) is 1. The minimum atomic E-state index is -1.16. The lowest BCUT2D eigenvalue weighted by Crippen LogP contribution is -2.18. The van der Waals surface area contributed by atoms with Gasteiger partial charge in [0.15, 0.2) is 0 Å². The molecule has 1 saturated carbocycles. The van der Waals surface area contributed by atoms with Gasteiger partial charge in [0, 0.05) is 12.7 Å². The molecule has 1 fully saturated rings. The van der Waals surface area contributed by atoms with Crippen LogP contribution in [0.25, 0.3) is 10.2 Å². The summed E-state index contributed by atoms with van der Waals surface area (Å²) in [5, 5.41) is 9.58. The van der Waals surface area contributed by atoms with Crippen LogP contribution >= 0.6 is 27.3 Å². The van der Waals surface area contributed by atoms with Crippen LogP contribution in [0.1, 0.15) is 23.2 Å². The van der Waals surface area contributed by atoms with E-state index in [-0.39, 0.29) is 5.56 Å². The number of fused-ring (bicyclic) bond motifs is 1. The Labute approximate surface area is 115 Å². The number of nitrogens with zero attached hydrogens (tertiary/aromatic N) is 1. The van der Waals surface area contributed by atoms with Crippen LogP contribution < -0.4 is 5.43 Å². The van der Waals surface area contributed by atoms with Gasteiger partial charge in [-0.15, -0.1) is 11.3 Å². The van der Waals surface area contributed by atoms with Crippen LogP contribution in [0.5, 0.6) is 0 Å². The molecule has 0 bridgehead atoms. The molecular formula is C12H10BrNO3S. The van der Waals surface area contributed by atoms with E-state index in [9.17, 15) is 9.59 Å². The summed E-state index contributed by atoms with van der Waals surface area (Å²) in [6.45, 7) is 0.796. The van der Waals surface area contributed by atoms with Crippen LogP contribution in [0.15, 0.2) is 20.8 Å². The third kappa shape index (κ3) is 1.99. The summed E-state index contributed by atoms with van der Waals surface area (Å²) in [6, 6.07) is 1.71. The molecule has 0 amide bonds. The Kier molecular flexibility index (Phi) is 2.79. The maximum absolute atomic E-state index is 12.0. The van der Waals surface area contributed by atoms with E-state index in [1.54, 1.807) is 6.07 Å². The van der Waals surface area contributed by atoms with E-state index in [1.165, 1.54) is 30.4 Å². The van der Waals surface area contributed by atoms with Crippen LogP contribution in [0.2, 0.25) is 0 Å². The summed E-state index contributed by atoms with van der Waals surface area (Å²) in [7, 11) is 0. The van der Waals surface area contributed by atoms with Crippen molar-refractivity contribution in [3.05, 3.63) is 31.8 Å². The van der Waals surface area contributed by atoms with Crippen molar-refractivity contribution in [2.24, 2.45) is 5.92 Å². The quantitative estimate of drug-likeness (QED) is 0.942. The van der Waals surface area contributed by atoms with Gasteiger partial charge in [0.05, 0.1) is 9.17 Å². The Morgan fingerprint density at radius 3 is 2.89 bits per heavy atom. The molecule has 4 nitrogen and oxygen atoms in total. The van der Waals surface area contributed by atoms with Crippen molar-refractivity contribution in [2.75, 3.05) is 0 Å². The highest BCUT2D eigenvalue weighted by Crippen LogP contribution is 2.34. The molecule has 94 valence electrons. The van der Waals surface area contributed by atoms with Gasteiger partial charge >= 0.3 is 5.97 Å². The number of carboxylic acid groups (broad SMARTS) is 1. The molecule has 0 aliphatic heterocycles. The van der Waals surface area contributed by atoms with Gasteiger partial charge in [0.25, 0.3) is 0 Å². The Balaban J connectivity index is 2.27. The normalized spacial score (nSPS) is 15.2. The second kappa shape index (κ2) is 4.20. The summed E-state index contributed by atoms with van der Waals surface area (Å²) in [5.41, 5.74) is -0.542. The maximum atomic E-state index is 12.0. The van der Waals surface area contributed by atoms with Crippen molar-refractivity contribution in [3.8, 4) is 0 Å². The van der Waals surface area contributed by atoms with Crippen molar-refractivity contribution in [1.29, 1.82) is 0 Å². The van der Waals surface area contributed by atoms with Crippen LogP contribution in [-0.2, 0) is 6.54 Å². The zero-order valence-corrected chi connectivity index (χ0v) is 11.8. The number of halogens is 1. The fraction of sp³-hybridized carbons (Fsp3) is 0.333. The highest BCUT2D eigenvalue weighted by atomic mass is 79.9. The molecular weight excluding hydrogens is 318 g/mol. The molecule has 2 aromatic heterocycles. The lowest BCUT2D eigenvalue weighted by Gasteiger charge is -2.08. The van der Waals surface area contributed by atoms with Gasteiger partial charge in [-0.3, -0.25) is 4.79 Å². The number of carbonyl (C=O) groups is 1. The zero-order chi connectivity index (χ0) is 12.9. The van der Waals surface area contributed by atoms with E-state index < -0.39 is 11.4 Å². The second-order valence-electron chi connectivity index (χ2n) is 4.54. The van der Waals surface area contributed by atoms with Crippen LogP contribution in [0.4, 0.5) is 0 Å². The molecule has 1 N–H and O–H groups in total. The summed E-state index contributed by atoms with van der Waals surface area (Å²) >= 11 is 4.83. The molecule has 0 saturated heterocycles. The molecule has 0 atom stereocenters. The van der Waals surface area contributed by atoms with E-state index in [0.29, 0.717) is 11.3 Å². The largest absolute Gasteiger partial charge is 0.477 e. The number of hydrogen-bond acceptors (Lipinski definition) is 3. The first-order valence-electron chi connectivity index (χ1n) is 5.62. The summed E-state index contributed by atoms with van der Waals surface area (Å²) in [4.78, 5) is 24.0. The molecule has 3 rings (SSSR count). The zero-order valence-electron chi connectivity index (χ0n) is 9.35. The van der Waals surface area contributed by atoms with E-state index in [4.69, 9.17) is 5.11 Å². The third-order valence-electron chi connectivity index (χ3n) is 3.10. The molecule has 0 radical (unpaired) electrons. The number of carboxylic acids is 1. The molecule has 1 aliphatic rings. The van der Waals surface area contributed by atoms with E-state index in [0.717, 1.165) is 15.2 Å². The predicted octanol–water partition coefficient (Wildman–Crippen LogP) is 2.93. The lowest BCUT2D eigenvalue weighted by molar-refractivity contribution is 0.0695. The van der Waals surface area contributed by atoms with Crippen molar-refractivity contribution < 1.29 is 9.90 Å². The molecule has 2 aromatic rings. The standard InChI is InChI=1S/C12H10BrNO3S/c13-9-3-7-10(15)8(12(16)17)5-14(11(7)18-9)4-6-1-2-6/h3,5-6H,1-2,4H2,(H,16,17). The number of aromatic nitrogens is 1. The van der Waals surface area contributed by atoms with Crippen molar-refractivity contribution in [1.82, 2.24) is 4.57 Å². The van der Waals surface area contributed by atoms with Crippen molar-refractivity contribution in [3.63, 3.8) is 0 Å². The van der Waals surface area contributed by atoms with Gasteiger partial charge in [-0.25, -0.2) is 4.79 Å². The van der Waals surface area contributed by atoms with Gasteiger partial charge in [0.2, 0.25) is 5.43 Å². The van der Waals surface area contributed by atoms with Gasteiger partial charge in [0.1, 0.15) is 10.4 Å². The Morgan fingerprint density at radius 1 is 1.56 bits per heavy atom. The number of rotatable bonds is 3. The number of aromatic carboxylic acids is 1. The van der Waals surface area contributed by atoms with E-state index in [1.807, 2.05) is 4.57 Å². The van der Waals surface area contributed by atoms with Crippen molar-refractivity contribution >= 4 is 43.5 Å². The van der Waals surface area contributed by atoms with E-state index >= 15 is 0 Å². The number of thiophene rings is 1. The first-order chi connectivity index (χ1) is 8.56. The van der Waals surface area contributed by atoms with Crippen LogP contribution in [0, 0.1) is 5.92 Å². The third-order valence-corrected chi connectivity index (χ3v) is 4.77. The minimum absolute atomic E-state index is 0.145. The summed E-state index contributed by atoms with van der Waals surface area (Å²) < 4.78 is 2.76. The molecule has 6 heteroatoms. The highest BCUT2D eigenvalue weighted by molar-refractivity contribution is 9.11. The molecule has 0 aromatic carbocycles. The first kappa shape index (κ1) is 11.9. The Hall–Kier alpha value is -1.14. The average Bonchev–Trinajstić information content (AvgIpc) is 3.02. The SMILES string of the molecule is O=C(O)c1cn(CC2CC2)c2sc(Br)cc2c1=O. The summed E-state index contributed by atoms with van der Waals surface area (Å²) in [6.07, 6.45) is 3.85. The molecule has 1 aliphatic carbocycles. The topological polar surface area (TPSA) is 59.3 Å². The second-order valence-corrected chi connectivity index (χ2v) is 6.95. The molecule has 18 heavy (non-hydrogen) atoms. The first-order valence-corrected chi connectivity index (χ1v) is 7.23. The lowest BCUT2D eigenvalue weighted by atomic mass is 10.2. The monoisotopic (exact) mass is 327 g/mol. The Bertz CT molecular complexity index is 699. The van der Waals surface area contributed by atoms with Gasteiger partial charge in [-0.1, -0.05) is 0 Å². The summed E-state index contributed by atoms with van der Waals surface area (Å²) in [5.74, 6) is -0.535. The number of pyridine rings is 1. The van der Waals surface area contributed by atoms with Crippen LogP contribution in [0.3, 0.4) is 0 Å². The van der Waals surface area contributed by atoms with Crippen molar-refractivity contribution in [2.45, 2.75) is 19.4 Å². The molecule has 0 unspecified atom stereocenters. The smallest absolute Gasteiger partial charge is 0.341 e. The van der Waals surface area contributed by atoms with Gasteiger partial charge < -0.3 is 9.67 Å². The minimum Gasteiger partial charge on any atom is -0.477 e. The fourth-order valence-electron chi connectivity index (χ4n) is 2.01. The predicted molar refractivity (Wildman–Crippen MR) is 73.5 cm³/mol. The maximum Gasteiger partial charge on any atom is 0.341 e. The van der Waals surface area contributed by atoms with E-state index in [2.05, 4.69) is 15.9 Å². The van der Waals surface area contributed by atoms with Gasteiger partial charge in [-0.2, -0.15) is 0 Å². The average molecular weight is 328 g/mol. The van der Waals surface area contributed by atoms with Crippen LogP contribution in [-0.4, -0.2) is 15.6 Å². The Morgan fingerprint density at radius 2 is 2.28 bits per heavy atom.